The summed E-state index contributed by atoms with van der Waals surface area (Å²) in [6.45, 7) is 5.60. The van der Waals surface area contributed by atoms with Gasteiger partial charge < -0.3 is 9.88 Å². The summed E-state index contributed by atoms with van der Waals surface area (Å²) >= 11 is 0. The van der Waals surface area contributed by atoms with Gasteiger partial charge in [0.15, 0.2) is 0 Å². The number of aromatic nitrogens is 1. The third-order valence-electron chi connectivity index (χ3n) is 4.17. The standard InChI is InChI=1S/C20H22N2O/c1-15-8-9-18(16(2)14-15)20(23)21-11-5-12-22-13-10-17-6-3-4-7-19(17)22/h3-4,6-10,13-14H,5,11-12H2,1-2H3,(H,21,23). The first-order chi connectivity index (χ1) is 11.1. The van der Waals surface area contributed by atoms with Crippen molar-refractivity contribution in [1.82, 2.24) is 9.88 Å². The molecule has 3 aromatic rings. The van der Waals surface area contributed by atoms with E-state index in [9.17, 15) is 4.79 Å². The Kier molecular flexibility index (Phi) is 4.47. The van der Waals surface area contributed by atoms with Gasteiger partial charge in [-0.1, -0.05) is 35.9 Å². The predicted molar refractivity (Wildman–Crippen MR) is 94.8 cm³/mol. The van der Waals surface area contributed by atoms with E-state index < -0.39 is 0 Å². The Bertz CT molecular complexity index is 833. The number of aryl methyl sites for hydroxylation is 3. The molecule has 0 aliphatic heterocycles. The molecule has 1 aromatic heterocycles. The van der Waals surface area contributed by atoms with Crippen LogP contribution in [0.4, 0.5) is 0 Å². The van der Waals surface area contributed by atoms with Crippen molar-refractivity contribution in [2.75, 3.05) is 6.54 Å². The lowest BCUT2D eigenvalue weighted by Crippen LogP contribution is -2.25. The number of hydrogen-bond donors (Lipinski definition) is 1. The van der Waals surface area contributed by atoms with E-state index >= 15 is 0 Å². The third-order valence-corrected chi connectivity index (χ3v) is 4.17. The van der Waals surface area contributed by atoms with Crippen LogP contribution in [0.1, 0.15) is 27.9 Å². The lowest BCUT2D eigenvalue weighted by molar-refractivity contribution is 0.0952. The van der Waals surface area contributed by atoms with Crippen molar-refractivity contribution in [1.29, 1.82) is 0 Å². The van der Waals surface area contributed by atoms with Crippen LogP contribution in [0.15, 0.2) is 54.7 Å². The van der Waals surface area contributed by atoms with Crippen LogP contribution in [0, 0.1) is 13.8 Å². The number of hydrogen-bond acceptors (Lipinski definition) is 1. The minimum absolute atomic E-state index is 0.0138. The van der Waals surface area contributed by atoms with Crippen molar-refractivity contribution in [2.24, 2.45) is 0 Å². The zero-order valence-electron chi connectivity index (χ0n) is 13.7. The maximum atomic E-state index is 12.2. The molecule has 1 N–H and O–H groups in total. The van der Waals surface area contributed by atoms with Gasteiger partial charge >= 0.3 is 0 Å². The number of carbonyl (C=O) groups is 1. The van der Waals surface area contributed by atoms with Crippen LogP contribution in [-0.2, 0) is 6.54 Å². The second kappa shape index (κ2) is 6.69. The van der Waals surface area contributed by atoms with E-state index in [0.717, 1.165) is 24.1 Å². The summed E-state index contributed by atoms with van der Waals surface area (Å²) < 4.78 is 2.23. The molecule has 1 heterocycles. The average molecular weight is 306 g/mol. The lowest BCUT2D eigenvalue weighted by Gasteiger charge is -2.09. The second-order valence-electron chi connectivity index (χ2n) is 6.00. The Labute approximate surface area is 136 Å². The fourth-order valence-electron chi connectivity index (χ4n) is 2.95. The number of nitrogens with one attached hydrogen (secondary N) is 1. The maximum absolute atomic E-state index is 12.2. The second-order valence-corrected chi connectivity index (χ2v) is 6.00. The molecule has 0 unspecified atom stereocenters. The molecule has 0 saturated heterocycles. The predicted octanol–water partition coefficient (Wildman–Crippen LogP) is 4.08. The van der Waals surface area contributed by atoms with Crippen LogP contribution >= 0.6 is 0 Å². The fourth-order valence-corrected chi connectivity index (χ4v) is 2.95. The monoisotopic (exact) mass is 306 g/mol. The van der Waals surface area contributed by atoms with Gasteiger partial charge in [0.05, 0.1) is 0 Å². The molecule has 1 amide bonds. The fraction of sp³-hybridized carbons (Fsp3) is 0.250. The summed E-state index contributed by atoms with van der Waals surface area (Å²) in [6.07, 6.45) is 3.02. The molecule has 0 atom stereocenters. The first-order valence-electron chi connectivity index (χ1n) is 8.04. The summed E-state index contributed by atoms with van der Waals surface area (Å²) in [5.41, 5.74) is 4.22. The first kappa shape index (κ1) is 15.3. The molecule has 3 heteroatoms. The van der Waals surface area contributed by atoms with Gasteiger partial charge in [-0.15, -0.1) is 0 Å². The Balaban J connectivity index is 1.54. The normalized spacial score (nSPS) is 10.9. The van der Waals surface area contributed by atoms with E-state index in [-0.39, 0.29) is 5.91 Å². The van der Waals surface area contributed by atoms with Crippen LogP contribution in [0.2, 0.25) is 0 Å². The van der Waals surface area contributed by atoms with Crippen LogP contribution in [0.5, 0.6) is 0 Å². The van der Waals surface area contributed by atoms with Gasteiger partial charge in [-0.25, -0.2) is 0 Å². The molecule has 23 heavy (non-hydrogen) atoms. The number of nitrogens with zero attached hydrogens (tertiary/aromatic N) is 1. The van der Waals surface area contributed by atoms with Crippen molar-refractivity contribution in [2.45, 2.75) is 26.8 Å². The van der Waals surface area contributed by atoms with Crippen LogP contribution in [0.25, 0.3) is 10.9 Å². The van der Waals surface area contributed by atoms with E-state index in [1.165, 1.54) is 16.5 Å². The SMILES string of the molecule is Cc1ccc(C(=O)NCCCn2ccc3ccccc32)c(C)c1. The number of rotatable bonds is 5. The average Bonchev–Trinajstić information content (AvgIpc) is 2.94. The largest absolute Gasteiger partial charge is 0.352 e. The minimum Gasteiger partial charge on any atom is -0.352 e. The van der Waals surface area contributed by atoms with Crippen LogP contribution in [-0.4, -0.2) is 17.0 Å². The summed E-state index contributed by atoms with van der Waals surface area (Å²) in [4.78, 5) is 12.2. The lowest BCUT2D eigenvalue weighted by atomic mass is 10.1. The molecular formula is C20H22N2O. The molecule has 2 aromatic carbocycles. The highest BCUT2D eigenvalue weighted by Crippen LogP contribution is 2.15. The van der Waals surface area contributed by atoms with E-state index in [0.29, 0.717) is 6.54 Å². The summed E-state index contributed by atoms with van der Waals surface area (Å²) in [5.74, 6) is 0.0138. The number of amides is 1. The molecule has 0 aliphatic rings. The smallest absolute Gasteiger partial charge is 0.251 e. The molecule has 0 radical (unpaired) electrons. The molecule has 3 nitrogen and oxygen atoms in total. The van der Waals surface area contributed by atoms with Gasteiger partial charge in [0.2, 0.25) is 0 Å². The van der Waals surface area contributed by atoms with E-state index in [1.54, 1.807) is 0 Å². The van der Waals surface area contributed by atoms with Gasteiger partial charge in [0, 0.05) is 30.4 Å². The zero-order valence-corrected chi connectivity index (χ0v) is 13.7. The zero-order chi connectivity index (χ0) is 16.2. The molecule has 118 valence electrons. The topological polar surface area (TPSA) is 34.0 Å². The molecule has 0 aliphatic carbocycles. The number of para-hydroxylation sites is 1. The highest BCUT2D eigenvalue weighted by Gasteiger charge is 2.08. The molecule has 0 fully saturated rings. The Hall–Kier alpha value is -2.55. The van der Waals surface area contributed by atoms with Gasteiger partial charge in [-0.2, -0.15) is 0 Å². The van der Waals surface area contributed by atoms with E-state index in [4.69, 9.17) is 0 Å². The molecule has 0 bridgehead atoms. The van der Waals surface area contributed by atoms with Gasteiger partial charge in [-0.05, 0) is 49.4 Å². The number of fused-ring (bicyclic) bond motifs is 1. The first-order valence-corrected chi connectivity index (χ1v) is 8.04. The van der Waals surface area contributed by atoms with Crippen molar-refractivity contribution in [3.63, 3.8) is 0 Å². The van der Waals surface area contributed by atoms with E-state index in [1.807, 2.05) is 32.0 Å². The minimum atomic E-state index is 0.0138. The number of benzene rings is 2. The van der Waals surface area contributed by atoms with Crippen molar-refractivity contribution < 1.29 is 4.79 Å². The highest BCUT2D eigenvalue weighted by atomic mass is 16.1. The summed E-state index contributed by atoms with van der Waals surface area (Å²) in [6, 6.07) is 16.4. The Morgan fingerprint density at radius 1 is 1.09 bits per heavy atom. The van der Waals surface area contributed by atoms with Crippen LogP contribution in [0.3, 0.4) is 0 Å². The number of carbonyl (C=O) groups excluding carboxylic acids is 1. The molecule has 0 saturated carbocycles. The van der Waals surface area contributed by atoms with Crippen molar-refractivity contribution in [3.8, 4) is 0 Å². The molecule has 3 rings (SSSR count). The Morgan fingerprint density at radius 3 is 2.74 bits per heavy atom. The van der Waals surface area contributed by atoms with Gasteiger partial charge in [0.25, 0.3) is 5.91 Å². The third kappa shape index (κ3) is 3.45. The highest BCUT2D eigenvalue weighted by molar-refractivity contribution is 5.95. The molecular weight excluding hydrogens is 284 g/mol. The summed E-state index contributed by atoms with van der Waals surface area (Å²) in [7, 11) is 0. The van der Waals surface area contributed by atoms with Gasteiger partial charge in [-0.3, -0.25) is 4.79 Å². The quantitative estimate of drug-likeness (QED) is 0.708. The maximum Gasteiger partial charge on any atom is 0.251 e. The van der Waals surface area contributed by atoms with E-state index in [2.05, 4.69) is 46.4 Å². The van der Waals surface area contributed by atoms with Crippen LogP contribution < -0.4 is 5.32 Å². The Morgan fingerprint density at radius 2 is 1.91 bits per heavy atom. The summed E-state index contributed by atoms with van der Waals surface area (Å²) in [5, 5.41) is 4.27. The van der Waals surface area contributed by atoms with Crippen molar-refractivity contribution >= 4 is 16.8 Å². The molecule has 0 spiro atoms. The van der Waals surface area contributed by atoms with Crippen molar-refractivity contribution in [3.05, 3.63) is 71.4 Å². The van der Waals surface area contributed by atoms with Gasteiger partial charge in [0.1, 0.15) is 0 Å².